The van der Waals surface area contributed by atoms with Crippen LogP contribution >= 0.6 is 0 Å². The van der Waals surface area contributed by atoms with Crippen molar-refractivity contribution in [3.63, 3.8) is 0 Å². The number of anilines is 1. The highest BCUT2D eigenvalue weighted by molar-refractivity contribution is 7.89. The van der Waals surface area contributed by atoms with Gasteiger partial charge in [0, 0.05) is 5.54 Å². The molecule has 2 rings (SSSR count). The highest BCUT2D eigenvalue weighted by Gasteiger charge is 2.42. The first-order valence-corrected chi connectivity index (χ1v) is 6.40. The van der Waals surface area contributed by atoms with Crippen LogP contribution in [-0.2, 0) is 10.0 Å². The summed E-state index contributed by atoms with van der Waals surface area (Å²) in [7, 11) is -3.87. The molecular weight excluding hydrogens is 231 g/mol. The molecule has 1 aliphatic rings. The van der Waals surface area contributed by atoms with Gasteiger partial charge in [-0.15, -0.1) is 0 Å². The predicted octanol–water partition coefficient (Wildman–Crippen LogP) is 1.24. The van der Waals surface area contributed by atoms with Crippen LogP contribution in [0.5, 0.6) is 0 Å². The third-order valence-electron chi connectivity index (χ3n) is 2.65. The van der Waals surface area contributed by atoms with Crippen LogP contribution in [0, 0.1) is 5.82 Å². The molecule has 1 aromatic carbocycles. The van der Waals surface area contributed by atoms with Gasteiger partial charge in [-0.05, 0) is 31.9 Å². The minimum atomic E-state index is -3.87. The van der Waals surface area contributed by atoms with E-state index < -0.39 is 26.3 Å². The third kappa shape index (κ3) is 2.03. The van der Waals surface area contributed by atoms with E-state index >= 15 is 0 Å². The summed E-state index contributed by atoms with van der Waals surface area (Å²) >= 11 is 0. The highest BCUT2D eigenvalue weighted by Crippen LogP contribution is 2.36. The first kappa shape index (κ1) is 11.3. The van der Waals surface area contributed by atoms with Gasteiger partial charge in [0.15, 0.2) is 0 Å². The molecule has 1 aromatic rings. The van der Waals surface area contributed by atoms with Crippen molar-refractivity contribution >= 4 is 15.7 Å². The van der Waals surface area contributed by atoms with Gasteiger partial charge < -0.3 is 5.73 Å². The summed E-state index contributed by atoms with van der Waals surface area (Å²) in [6.45, 7) is 1.78. The topological polar surface area (TPSA) is 72.2 Å². The summed E-state index contributed by atoms with van der Waals surface area (Å²) in [5.74, 6) is -0.822. The zero-order valence-electron chi connectivity index (χ0n) is 8.83. The highest BCUT2D eigenvalue weighted by atomic mass is 32.2. The van der Waals surface area contributed by atoms with Gasteiger partial charge in [0.25, 0.3) is 0 Å². The van der Waals surface area contributed by atoms with Gasteiger partial charge in [0.05, 0.1) is 5.69 Å². The second-order valence-corrected chi connectivity index (χ2v) is 5.94. The molecule has 0 unspecified atom stereocenters. The molecule has 3 N–H and O–H groups in total. The fourth-order valence-electron chi connectivity index (χ4n) is 1.47. The van der Waals surface area contributed by atoms with E-state index in [-0.39, 0.29) is 5.69 Å². The van der Waals surface area contributed by atoms with Crippen molar-refractivity contribution < 1.29 is 12.8 Å². The Morgan fingerprint density at radius 2 is 2.06 bits per heavy atom. The van der Waals surface area contributed by atoms with E-state index in [1.807, 2.05) is 0 Å². The van der Waals surface area contributed by atoms with E-state index in [0.29, 0.717) is 0 Å². The van der Waals surface area contributed by atoms with Gasteiger partial charge >= 0.3 is 0 Å². The number of nitrogens with two attached hydrogens (primary N) is 1. The lowest BCUT2D eigenvalue weighted by molar-refractivity contribution is 0.542. The van der Waals surface area contributed by atoms with Gasteiger partial charge in [-0.3, -0.25) is 0 Å². The molecule has 1 saturated carbocycles. The maximum atomic E-state index is 13.4. The van der Waals surface area contributed by atoms with Crippen LogP contribution in [0.1, 0.15) is 19.8 Å². The molecule has 0 saturated heterocycles. The Labute approximate surface area is 93.7 Å². The molecule has 0 atom stereocenters. The average molecular weight is 244 g/mol. The largest absolute Gasteiger partial charge is 0.398 e. The fraction of sp³-hybridized carbons (Fsp3) is 0.400. The summed E-state index contributed by atoms with van der Waals surface area (Å²) < 4.78 is 39.7. The quantitative estimate of drug-likeness (QED) is 0.786. The summed E-state index contributed by atoms with van der Waals surface area (Å²) in [5, 5.41) is 0. The Bertz CT molecular complexity index is 503. The molecule has 0 spiro atoms. The fourth-order valence-corrected chi connectivity index (χ4v) is 3.13. The minimum Gasteiger partial charge on any atom is -0.398 e. The Balaban J connectivity index is 2.43. The van der Waals surface area contributed by atoms with Gasteiger partial charge in [-0.2, -0.15) is 0 Å². The second kappa shape index (κ2) is 3.43. The van der Waals surface area contributed by atoms with Crippen molar-refractivity contribution in [3.05, 3.63) is 24.0 Å². The number of rotatable bonds is 3. The Morgan fingerprint density at radius 3 is 2.56 bits per heavy atom. The lowest BCUT2D eigenvalue weighted by Gasteiger charge is -2.13. The molecule has 4 nitrogen and oxygen atoms in total. The van der Waals surface area contributed by atoms with Gasteiger partial charge in [-0.1, -0.05) is 6.07 Å². The third-order valence-corrected chi connectivity index (χ3v) is 4.38. The molecule has 88 valence electrons. The molecule has 6 heteroatoms. The van der Waals surface area contributed by atoms with Crippen LogP contribution in [0.2, 0.25) is 0 Å². The van der Waals surface area contributed by atoms with E-state index in [9.17, 15) is 12.8 Å². The summed E-state index contributed by atoms with van der Waals surface area (Å²) in [6, 6.07) is 3.83. The Kier molecular flexibility index (Phi) is 2.43. The number of nitrogen functional groups attached to an aromatic ring is 1. The van der Waals surface area contributed by atoms with Crippen molar-refractivity contribution in [1.29, 1.82) is 0 Å². The van der Waals surface area contributed by atoms with Crippen molar-refractivity contribution in [2.45, 2.75) is 30.2 Å². The summed E-state index contributed by atoms with van der Waals surface area (Å²) in [5.41, 5.74) is 4.98. The van der Waals surface area contributed by atoms with Crippen molar-refractivity contribution in [1.82, 2.24) is 4.72 Å². The minimum absolute atomic E-state index is 0.0725. The molecule has 0 heterocycles. The zero-order valence-corrected chi connectivity index (χ0v) is 9.64. The lowest BCUT2D eigenvalue weighted by atomic mass is 10.3. The second-order valence-electron chi connectivity index (χ2n) is 4.32. The van der Waals surface area contributed by atoms with Crippen molar-refractivity contribution in [3.8, 4) is 0 Å². The SMILES string of the molecule is CC1(NS(=O)(=O)c2c(N)cccc2F)CC1. The van der Waals surface area contributed by atoms with Crippen LogP contribution in [0.25, 0.3) is 0 Å². The number of benzene rings is 1. The van der Waals surface area contributed by atoms with Crippen LogP contribution < -0.4 is 10.5 Å². The molecule has 0 aromatic heterocycles. The zero-order chi connectivity index (χ0) is 12.0. The number of sulfonamides is 1. The van der Waals surface area contributed by atoms with Crippen LogP contribution in [0.15, 0.2) is 23.1 Å². The molecule has 0 amide bonds. The van der Waals surface area contributed by atoms with Crippen molar-refractivity contribution in [2.75, 3.05) is 5.73 Å². The van der Waals surface area contributed by atoms with Crippen molar-refractivity contribution in [2.24, 2.45) is 0 Å². The van der Waals surface area contributed by atoms with Crippen LogP contribution in [0.4, 0.5) is 10.1 Å². The van der Waals surface area contributed by atoms with Gasteiger partial charge in [0.2, 0.25) is 10.0 Å². The molecule has 0 radical (unpaired) electrons. The molecule has 1 aliphatic carbocycles. The Morgan fingerprint density at radius 1 is 1.44 bits per heavy atom. The van der Waals surface area contributed by atoms with E-state index in [2.05, 4.69) is 4.72 Å². The standard InChI is InChI=1S/C10H13FN2O2S/c1-10(5-6-10)13-16(14,15)9-7(11)3-2-4-8(9)12/h2-4,13H,5-6,12H2,1H3. The van der Waals surface area contributed by atoms with Crippen LogP contribution in [-0.4, -0.2) is 14.0 Å². The van der Waals surface area contributed by atoms with E-state index in [4.69, 9.17) is 5.73 Å². The van der Waals surface area contributed by atoms with Gasteiger partial charge in [-0.25, -0.2) is 17.5 Å². The monoisotopic (exact) mass is 244 g/mol. The van der Waals surface area contributed by atoms with E-state index in [0.717, 1.165) is 18.9 Å². The van der Waals surface area contributed by atoms with E-state index in [1.54, 1.807) is 6.92 Å². The van der Waals surface area contributed by atoms with E-state index in [1.165, 1.54) is 12.1 Å². The lowest BCUT2D eigenvalue weighted by Crippen LogP contribution is -2.35. The summed E-state index contributed by atoms with van der Waals surface area (Å²) in [4.78, 5) is -0.455. The molecule has 0 bridgehead atoms. The molecule has 16 heavy (non-hydrogen) atoms. The summed E-state index contributed by atoms with van der Waals surface area (Å²) in [6.07, 6.45) is 1.53. The first-order valence-electron chi connectivity index (χ1n) is 4.92. The number of nitrogens with one attached hydrogen (secondary N) is 1. The normalized spacial score (nSPS) is 18.4. The number of hydrogen-bond donors (Lipinski definition) is 2. The maximum absolute atomic E-state index is 13.4. The predicted molar refractivity (Wildman–Crippen MR) is 58.8 cm³/mol. The molecular formula is C10H13FN2O2S. The van der Waals surface area contributed by atoms with Crippen LogP contribution in [0.3, 0.4) is 0 Å². The number of hydrogen-bond acceptors (Lipinski definition) is 3. The molecule has 0 aliphatic heterocycles. The van der Waals surface area contributed by atoms with Gasteiger partial charge in [0.1, 0.15) is 10.7 Å². The first-order chi connectivity index (χ1) is 7.34. The molecule has 1 fully saturated rings. The Hall–Kier alpha value is -1.14. The maximum Gasteiger partial charge on any atom is 0.246 e. The smallest absolute Gasteiger partial charge is 0.246 e. The average Bonchev–Trinajstić information content (AvgIpc) is 2.80. The number of halogens is 1.